The van der Waals surface area contributed by atoms with Gasteiger partial charge in [0, 0.05) is 30.1 Å². The molecule has 4 rings (SSSR count). The lowest BCUT2D eigenvalue weighted by atomic mass is 10.1. The van der Waals surface area contributed by atoms with E-state index in [1.54, 1.807) is 11.6 Å². The number of methoxy groups -OCH3 is 1. The van der Waals surface area contributed by atoms with Crippen LogP contribution >= 0.6 is 11.6 Å². The summed E-state index contributed by atoms with van der Waals surface area (Å²) in [6.45, 7) is 4.72. The number of nitrogens with one attached hydrogen (secondary N) is 1. The number of nitrogens with zero attached hydrogens (tertiary/aromatic N) is 4. The number of anilines is 1. The number of aryl methyl sites for hydroxylation is 2. The molecule has 3 heterocycles. The summed E-state index contributed by atoms with van der Waals surface area (Å²) in [5.41, 5.74) is 6.58. The fourth-order valence-electron chi connectivity index (χ4n) is 3.34. The molecule has 0 aliphatic carbocycles. The van der Waals surface area contributed by atoms with Crippen molar-refractivity contribution in [2.24, 2.45) is 0 Å². The quantitative estimate of drug-likeness (QED) is 0.490. The molecule has 0 aliphatic rings. The Balaban J connectivity index is 1.72. The molecule has 0 bridgehead atoms. The summed E-state index contributed by atoms with van der Waals surface area (Å²) in [6, 6.07) is 13.8. The van der Waals surface area contributed by atoms with Crippen LogP contribution in [0.25, 0.3) is 16.9 Å². The molecule has 4 aromatic rings. The Morgan fingerprint density at radius 1 is 1.14 bits per heavy atom. The van der Waals surface area contributed by atoms with E-state index in [1.807, 2.05) is 49.5 Å². The van der Waals surface area contributed by atoms with Gasteiger partial charge in [-0.15, -0.1) is 0 Å². The average molecular weight is 408 g/mol. The molecule has 0 saturated heterocycles. The SMILES string of the molecule is CCc1cc(CNc2cc(Cl)nn3c(-c4ccc(OC)cc4)c(C)nc23)ccn1. The Hall–Kier alpha value is -3.12. The van der Waals surface area contributed by atoms with Gasteiger partial charge in [-0.05, 0) is 55.3 Å². The van der Waals surface area contributed by atoms with Gasteiger partial charge in [0.25, 0.3) is 0 Å². The van der Waals surface area contributed by atoms with E-state index in [-0.39, 0.29) is 0 Å². The van der Waals surface area contributed by atoms with Crippen molar-refractivity contribution in [2.75, 3.05) is 12.4 Å². The van der Waals surface area contributed by atoms with Crippen molar-refractivity contribution in [1.82, 2.24) is 19.6 Å². The number of aromatic nitrogens is 4. The number of ether oxygens (including phenoxy) is 1. The largest absolute Gasteiger partial charge is 0.497 e. The van der Waals surface area contributed by atoms with Crippen molar-refractivity contribution in [2.45, 2.75) is 26.8 Å². The predicted molar refractivity (Wildman–Crippen MR) is 116 cm³/mol. The van der Waals surface area contributed by atoms with Gasteiger partial charge < -0.3 is 10.1 Å². The highest BCUT2D eigenvalue weighted by atomic mass is 35.5. The molecule has 0 saturated carbocycles. The molecule has 1 aromatic carbocycles. The van der Waals surface area contributed by atoms with Crippen LogP contribution in [0.4, 0.5) is 5.69 Å². The van der Waals surface area contributed by atoms with Gasteiger partial charge in [0.05, 0.1) is 24.2 Å². The lowest BCUT2D eigenvalue weighted by Gasteiger charge is -2.10. The lowest BCUT2D eigenvalue weighted by molar-refractivity contribution is 0.415. The Kier molecular flexibility index (Phi) is 5.36. The number of fused-ring (bicyclic) bond motifs is 1. The zero-order valence-electron chi connectivity index (χ0n) is 16.6. The summed E-state index contributed by atoms with van der Waals surface area (Å²) in [7, 11) is 1.65. The number of benzene rings is 1. The van der Waals surface area contributed by atoms with Crippen molar-refractivity contribution in [3.63, 3.8) is 0 Å². The van der Waals surface area contributed by atoms with E-state index in [0.717, 1.165) is 51.7 Å². The Morgan fingerprint density at radius 2 is 1.93 bits per heavy atom. The summed E-state index contributed by atoms with van der Waals surface area (Å²) in [6.07, 6.45) is 2.75. The Morgan fingerprint density at radius 3 is 2.66 bits per heavy atom. The molecule has 0 fully saturated rings. The first kappa shape index (κ1) is 19.2. The highest BCUT2D eigenvalue weighted by Crippen LogP contribution is 2.30. The van der Waals surface area contributed by atoms with Crippen LogP contribution in [0.1, 0.15) is 23.9 Å². The van der Waals surface area contributed by atoms with Crippen molar-refractivity contribution >= 4 is 22.9 Å². The van der Waals surface area contributed by atoms with Crippen molar-refractivity contribution in [3.05, 3.63) is 70.8 Å². The van der Waals surface area contributed by atoms with Gasteiger partial charge in [-0.2, -0.15) is 5.10 Å². The molecule has 0 amide bonds. The summed E-state index contributed by atoms with van der Waals surface area (Å²) in [4.78, 5) is 9.11. The minimum Gasteiger partial charge on any atom is -0.497 e. The maximum atomic E-state index is 6.34. The summed E-state index contributed by atoms with van der Waals surface area (Å²) in [5.74, 6) is 0.803. The maximum Gasteiger partial charge on any atom is 0.177 e. The first-order valence-corrected chi connectivity index (χ1v) is 9.85. The molecule has 148 valence electrons. The topological polar surface area (TPSA) is 64.3 Å². The van der Waals surface area contributed by atoms with Crippen molar-refractivity contribution in [1.29, 1.82) is 0 Å². The molecular formula is C22H22ClN5O. The summed E-state index contributed by atoms with van der Waals surface area (Å²) < 4.78 is 7.06. The highest BCUT2D eigenvalue weighted by molar-refractivity contribution is 6.29. The molecule has 0 unspecified atom stereocenters. The van der Waals surface area contributed by atoms with Crippen molar-refractivity contribution < 1.29 is 4.74 Å². The minimum atomic E-state index is 0.399. The smallest absolute Gasteiger partial charge is 0.177 e. The van der Waals surface area contributed by atoms with Crippen LogP contribution in [0.5, 0.6) is 5.75 Å². The fourth-order valence-corrected chi connectivity index (χ4v) is 3.52. The van der Waals surface area contributed by atoms with Crippen LogP contribution in [0, 0.1) is 6.92 Å². The first-order chi connectivity index (χ1) is 14.1. The number of halogens is 1. The van der Waals surface area contributed by atoms with Gasteiger partial charge in [-0.1, -0.05) is 18.5 Å². The maximum absolute atomic E-state index is 6.34. The summed E-state index contributed by atoms with van der Waals surface area (Å²) >= 11 is 6.34. The molecule has 6 nitrogen and oxygen atoms in total. The fraction of sp³-hybridized carbons (Fsp3) is 0.227. The number of hydrogen-bond acceptors (Lipinski definition) is 5. The van der Waals surface area contributed by atoms with E-state index < -0.39 is 0 Å². The Bertz CT molecular complexity index is 1150. The van der Waals surface area contributed by atoms with E-state index in [0.29, 0.717) is 11.7 Å². The van der Waals surface area contributed by atoms with Gasteiger partial charge in [-0.25, -0.2) is 9.50 Å². The normalized spacial score (nSPS) is 11.0. The number of pyridine rings is 1. The predicted octanol–water partition coefficient (Wildman–Crippen LogP) is 4.94. The average Bonchev–Trinajstić information content (AvgIpc) is 3.08. The van der Waals surface area contributed by atoms with Crippen LogP contribution in [0.15, 0.2) is 48.7 Å². The van der Waals surface area contributed by atoms with Gasteiger partial charge in [-0.3, -0.25) is 4.98 Å². The van der Waals surface area contributed by atoms with Gasteiger partial charge in [0.1, 0.15) is 5.75 Å². The zero-order valence-corrected chi connectivity index (χ0v) is 17.4. The van der Waals surface area contributed by atoms with E-state index in [1.165, 1.54) is 0 Å². The van der Waals surface area contributed by atoms with Gasteiger partial charge in [0.2, 0.25) is 0 Å². The van der Waals surface area contributed by atoms with Crippen LogP contribution in [-0.2, 0) is 13.0 Å². The third kappa shape index (κ3) is 3.89. The standard InChI is InChI=1S/C22H22ClN5O/c1-4-17-11-15(9-10-24-17)13-25-19-12-20(23)27-28-21(14(2)26-22(19)28)16-5-7-18(29-3)8-6-16/h5-12,25H,4,13H2,1-3H3. The number of hydrogen-bond donors (Lipinski definition) is 1. The van der Waals surface area contributed by atoms with Crippen LogP contribution in [0.3, 0.4) is 0 Å². The third-order valence-corrected chi connectivity index (χ3v) is 5.00. The molecule has 29 heavy (non-hydrogen) atoms. The van der Waals surface area contributed by atoms with Crippen LogP contribution < -0.4 is 10.1 Å². The molecule has 0 radical (unpaired) electrons. The lowest BCUT2D eigenvalue weighted by Crippen LogP contribution is -2.05. The van der Waals surface area contributed by atoms with E-state index in [2.05, 4.69) is 28.4 Å². The van der Waals surface area contributed by atoms with Crippen LogP contribution in [-0.4, -0.2) is 26.7 Å². The monoisotopic (exact) mass is 407 g/mol. The molecule has 0 atom stereocenters. The molecule has 0 spiro atoms. The molecule has 3 aromatic heterocycles. The number of imidazole rings is 1. The zero-order chi connectivity index (χ0) is 20.4. The second kappa shape index (κ2) is 8.09. The first-order valence-electron chi connectivity index (χ1n) is 9.47. The summed E-state index contributed by atoms with van der Waals surface area (Å²) in [5, 5.41) is 8.35. The van der Waals surface area contributed by atoms with E-state index in [9.17, 15) is 0 Å². The molecular weight excluding hydrogens is 386 g/mol. The van der Waals surface area contributed by atoms with E-state index in [4.69, 9.17) is 21.3 Å². The molecule has 0 aliphatic heterocycles. The second-order valence-corrected chi connectivity index (χ2v) is 7.14. The van der Waals surface area contributed by atoms with Crippen LogP contribution in [0.2, 0.25) is 5.15 Å². The second-order valence-electron chi connectivity index (χ2n) is 6.75. The van der Waals surface area contributed by atoms with Gasteiger partial charge in [0.15, 0.2) is 10.8 Å². The third-order valence-electron chi connectivity index (χ3n) is 4.82. The van der Waals surface area contributed by atoms with Gasteiger partial charge >= 0.3 is 0 Å². The molecule has 7 heteroatoms. The minimum absolute atomic E-state index is 0.399. The van der Waals surface area contributed by atoms with Crippen molar-refractivity contribution in [3.8, 4) is 17.0 Å². The molecule has 1 N–H and O–H groups in total. The highest BCUT2D eigenvalue weighted by Gasteiger charge is 2.16. The van der Waals surface area contributed by atoms with E-state index >= 15 is 0 Å². The number of rotatable bonds is 6. The Labute approximate surface area is 174 Å².